The van der Waals surface area contributed by atoms with Crippen LogP contribution in [0.25, 0.3) is 5.57 Å². The molecule has 34 heavy (non-hydrogen) atoms. The molecule has 176 valence electrons. The molecular weight excluding hydrogens is 428 g/mol. The second-order valence-electron chi connectivity index (χ2n) is 7.84. The molecule has 0 spiro atoms. The molecule has 0 bridgehead atoms. The molecule has 0 fully saturated rings. The molecule has 1 heterocycles. The molecule has 0 aliphatic carbocycles. The number of hydrogen-bond donors (Lipinski definition) is 0. The van der Waals surface area contributed by atoms with Gasteiger partial charge in [-0.15, -0.1) is 0 Å². The Bertz CT molecular complexity index is 1200. The standard InChI is InChI=1S/C28H30N2O4/c1-6-24(28(31)32-5)25-13-8-7-11-22(25)17-33-27-16-19(2)26(15-20(27)3)21(4)30-34-18-23-12-9-10-14-29-23/h6-16H,17-18H2,1-5H3/b24-6?,30-21-. The largest absolute Gasteiger partial charge is 0.489 e. The third-order valence-electron chi connectivity index (χ3n) is 5.44. The first kappa shape index (κ1) is 24.7. The van der Waals surface area contributed by atoms with Crippen LogP contribution in [-0.4, -0.2) is 23.8 Å². The lowest BCUT2D eigenvalue weighted by Gasteiger charge is -2.16. The third kappa shape index (κ3) is 6.10. The molecule has 0 aliphatic heterocycles. The molecule has 3 aromatic rings. The number of aromatic nitrogens is 1. The van der Waals surface area contributed by atoms with Crippen molar-refractivity contribution < 1.29 is 19.1 Å². The predicted molar refractivity (Wildman–Crippen MR) is 134 cm³/mol. The number of carbonyl (C=O) groups is 1. The van der Waals surface area contributed by atoms with Gasteiger partial charge >= 0.3 is 5.97 Å². The second-order valence-corrected chi connectivity index (χ2v) is 7.84. The van der Waals surface area contributed by atoms with Gasteiger partial charge in [-0.3, -0.25) is 4.98 Å². The Balaban J connectivity index is 1.74. The molecule has 0 amide bonds. The number of oxime groups is 1. The van der Waals surface area contributed by atoms with Gasteiger partial charge in [-0.25, -0.2) is 4.79 Å². The Labute approximate surface area is 200 Å². The maximum Gasteiger partial charge on any atom is 0.338 e. The number of nitrogens with zero attached hydrogens (tertiary/aromatic N) is 2. The molecule has 0 N–H and O–H groups in total. The van der Waals surface area contributed by atoms with E-state index >= 15 is 0 Å². The summed E-state index contributed by atoms with van der Waals surface area (Å²) < 4.78 is 11.1. The number of pyridine rings is 1. The Hall–Kier alpha value is -3.93. The molecule has 1 aromatic heterocycles. The summed E-state index contributed by atoms with van der Waals surface area (Å²) in [5, 5.41) is 4.27. The highest BCUT2D eigenvalue weighted by molar-refractivity contribution is 6.16. The van der Waals surface area contributed by atoms with Crippen molar-refractivity contribution in [3.05, 3.63) is 100 Å². The van der Waals surface area contributed by atoms with Gasteiger partial charge in [0.1, 0.15) is 12.4 Å². The van der Waals surface area contributed by atoms with E-state index in [2.05, 4.69) is 10.1 Å². The van der Waals surface area contributed by atoms with Crippen molar-refractivity contribution in [2.45, 2.75) is 40.9 Å². The van der Waals surface area contributed by atoms with Crippen molar-refractivity contribution in [1.82, 2.24) is 4.98 Å². The fourth-order valence-corrected chi connectivity index (χ4v) is 3.62. The minimum absolute atomic E-state index is 0.316. The van der Waals surface area contributed by atoms with E-state index in [4.69, 9.17) is 14.3 Å². The number of allylic oxidation sites excluding steroid dienone is 1. The number of aryl methyl sites for hydroxylation is 2. The van der Waals surface area contributed by atoms with Crippen molar-refractivity contribution in [3.8, 4) is 5.75 Å². The Morgan fingerprint density at radius 1 is 1.00 bits per heavy atom. The smallest absolute Gasteiger partial charge is 0.338 e. The topological polar surface area (TPSA) is 70.0 Å². The van der Waals surface area contributed by atoms with E-state index in [-0.39, 0.29) is 5.97 Å². The molecule has 6 nitrogen and oxygen atoms in total. The Morgan fingerprint density at radius 3 is 2.47 bits per heavy atom. The van der Waals surface area contributed by atoms with Crippen molar-refractivity contribution in [2.24, 2.45) is 5.16 Å². The zero-order valence-electron chi connectivity index (χ0n) is 20.3. The van der Waals surface area contributed by atoms with Crippen molar-refractivity contribution in [1.29, 1.82) is 0 Å². The zero-order chi connectivity index (χ0) is 24.5. The fraction of sp³-hybridized carbons (Fsp3) is 0.250. The van der Waals surface area contributed by atoms with Gasteiger partial charge in [0.15, 0.2) is 6.61 Å². The van der Waals surface area contributed by atoms with Crippen molar-refractivity contribution in [2.75, 3.05) is 7.11 Å². The van der Waals surface area contributed by atoms with E-state index in [1.54, 1.807) is 12.3 Å². The average molecular weight is 459 g/mol. The van der Waals surface area contributed by atoms with Crippen LogP contribution in [0.1, 0.15) is 47.4 Å². The van der Waals surface area contributed by atoms with Gasteiger partial charge in [-0.2, -0.15) is 0 Å². The maximum atomic E-state index is 12.2. The number of benzene rings is 2. The molecule has 0 saturated heterocycles. The van der Waals surface area contributed by atoms with Gasteiger partial charge in [0, 0.05) is 11.8 Å². The van der Waals surface area contributed by atoms with Crippen LogP contribution < -0.4 is 4.74 Å². The highest BCUT2D eigenvalue weighted by Crippen LogP contribution is 2.27. The van der Waals surface area contributed by atoms with Crippen LogP contribution >= 0.6 is 0 Å². The normalized spacial score (nSPS) is 11.8. The Kier molecular flexibility index (Phi) is 8.57. The summed E-state index contributed by atoms with van der Waals surface area (Å²) in [5.41, 5.74) is 6.83. The molecule has 0 aliphatic rings. The summed E-state index contributed by atoms with van der Waals surface area (Å²) >= 11 is 0. The third-order valence-corrected chi connectivity index (χ3v) is 5.44. The summed E-state index contributed by atoms with van der Waals surface area (Å²) in [6.45, 7) is 8.39. The average Bonchev–Trinajstić information content (AvgIpc) is 2.85. The van der Waals surface area contributed by atoms with Crippen LogP contribution in [0.15, 0.2) is 72.0 Å². The first-order chi connectivity index (χ1) is 16.4. The minimum Gasteiger partial charge on any atom is -0.489 e. The van der Waals surface area contributed by atoms with Crippen LogP contribution in [0.5, 0.6) is 5.75 Å². The second kappa shape index (κ2) is 11.8. The quantitative estimate of drug-likeness (QED) is 0.176. The first-order valence-electron chi connectivity index (χ1n) is 11.1. The number of ether oxygens (including phenoxy) is 2. The lowest BCUT2D eigenvalue weighted by atomic mass is 9.99. The number of esters is 1. The van der Waals surface area contributed by atoms with E-state index in [0.29, 0.717) is 18.8 Å². The molecule has 0 saturated carbocycles. The maximum absolute atomic E-state index is 12.2. The highest BCUT2D eigenvalue weighted by Gasteiger charge is 2.16. The van der Waals surface area contributed by atoms with Gasteiger partial charge in [0.05, 0.1) is 24.1 Å². The summed E-state index contributed by atoms with van der Waals surface area (Å²) in [6.07, 6.45) is 3.49. The first-order valence-corrected chi connectivity index (χ1v) is 11.1. The van der Waals surface area contributed by atoms with E-state index in [1.165, 1.54) is 7.11 Å². The van der Waals surface area contributed by atoms with Crippen LogP contribution in [0.4, 0.5) is 0 Å². The summed E-state index contributed by atoms with van der Waals surface area (Å²) in [4.78, 5) is 21.9. The van der Waals surface area contributed by atoms with Crippen molar-refractivity contribution >= 4 is 17.3 Å². The van der Waals surface area contributed by atoms with E-state index < -0.39 is 0 Å². The summed E-state index contributed by atoms with van der Waals surface area (Å²) in [5.74, 6) is 0.407. The number of rotatable bonds is 9. The SMILES string of the molecule is CC=C(C(=O)OC)c1ccccc1COc1cc(C)c(/C(C)=N\OCc2ccccn2)cc1C. The van der Waals surface area contributed by atoms with Crippen LogP contribution in [0.3, 0.4) is 0 Å². The summed E-state index contributed by atoms with van der Waals surface area (Å²) in [7, 11) is 1.38. The van der Waals surface area contributed by atoms with E-state index in [9.17, 15) is 4.79 Å². The number of methoxy groups -OCH3 is 1. The van der Waals surface area contributed by atoms with E-state index in [1.807, 2.05) is 82.3 Å². The Morgan fingerprint density at radius 2 is 1.76 bits per heavy atom. The molecule has 6 heteroatoms. The van der Waals surface area contributed by atoms with Gasteiger partial charge in [-0.05, 0) is 74.2 Å². The number of carbonyl (C=O) groups excluding carboxylic acids is 1. The fourth-order valence-electron chi connectivity index (χ4n) is 3.62. The van der Waals surface area contributed by atoms with E-state index in [0.717, 1.165) is 45.0 Å². The lowest BCUT2D eigenvalue weighted by molar-refractivity contribution is -0.133. The molecule has 2 aromatic carbocycles. The molecule has 3 rings (SSSR count). The van der Waals surface area contributed by atoms with Gasteiger partial charge in [-0.1, -0.05) is 41.6 Å². The zero-order valence-corrected chi connectivity index (χ0v) is 20.3. The van der Waals surface area contributed by atoms with Crippen LogP contribution in [0.2, 0.25) is 0 Å². The van der Waals surface area contributed by atoms with Gasteiger partial charge in [0.2, 0.25) is 0 Å². The molecule has 0 radical (unpaired) electrons. The van der Waals surface area contributed by atoms with Crippen molar-refractivity contribution in [3.63, 3.8) is 0 Å². The van der Waals surface area contributed by atoms with Crippen LogP contribution in [0, 0.1) is 13.8 Å². The minimum atomic E-state index is -0.369. The van der Waals surface area contributed by atoms with Gasteiger partial charge < -0.3 is 14.3 Å². The molecule has 0 atom stereocenters. The predicted octanol–water partition coefficient (Wildman–Crippen LogP) is 5.79. The lowest BCUT2D eigenvalue weighted by Crippen LogP contribution is -2.08. The highest BCUT2D eigenvalue weighted by atomic mass is 16.6. The summed E-state index contributed by atoms with van der Waals surface area (Å²) in [6, 6.07) is 17.4. The van der Waals surface area contributed by atoms with Gasteiger partial charge in [0.25, 0.3) is 0 Å². The van der Waals surface area contributed by atoms with Crippen LogP contribution in [-0.2, 0) is 27.6 Å². The molecule has 0 unspecified atom stereocenters. The monoisotopic (exact) mass is 458 g/mol. The molecular formula is C28H30N2O4. The number of hydrogen-bond acceptors (Lipinski definition) is 6.